The minimum atomic E-state index is -0.0575. The van der Waals surface area contributed by atoms with E-state index in [0.29, 0.717) is 0 Å². The van der Waals surface area contributed by atoms with E-state index in [9.17, 15) is 0 Å². The number of nitrogens with one attached hydrogen (secondary N) is 1. The fraction of sp³-hybridized carbons (Fsp3) is 0.154. The Morgan fingerprint density at radius 1 is 1.33 bits per heavy atom. The van der Waals surface area contributed by atoms with Crippen molar-refractivity contribution in [3.05, 3.63) is 42.1 Å². The smallest absolute Gasteiger partial charge is 0.0947 e. The highest BCUT2D eigenvalue weighted by atomic mass is 14.9. The number of aromatic nitrogens is 1. The van der Waals surface area contributed by atoms with Crippen molar-refractivity contribution in [1.29, 1.82) is 0 Å². The molecule has 0 bridgehead atoms. The van der Waals surface area contributed by atoms with E-state index in [1.165, 1.54) is 0 Å². The second kappa shape index (κ2) is 4.12. The molecule has 0 saturated heterocycles. The van der Waals surface area contributed by atoms with Gasteiger partial charge in [-0.2, -0.15) is 0 Å². The van der Waals surface area contributed by atoms with Gasteiger partial charge in [0.05, 0.1) is 11.6 Å². The molecule has 1 N–H and O–H groups in total. The average molecular weight is 196 g/mol. The fourth-order valence-electron chi connectivity index (χ4n) is 1.70. The van der Waals surface area contributed by atoms with Gasteiger partial charge < -0.3 is 5.32 Å². The first kappa shape index (κ1) is 9.70. The van der Waals surface area contributed by atoms with Crippen LogP contribution in [-0.2, 0) is 0 Å². The second-order valence-corrected chi connectivity index (χ2v) is 3.31. The van der Waals surface area contributed by atoms with Crippen molar-refractivity contribution >= 4 is 10.9 Å². The number of hydrogen-bond donors (Lipinski definition) is 1. The molecule has 0 aliphatic heterocycles. The summed E-state index contributed by atoms with van der Waals surface area (Å²) in [5.41, 5.74) is 2.08. The molecule has 1 aromatic carbocycles. The van der Waals surface area contributed by atoms with E-state index in [2.05, 4.69) is 16.2 Å². The van der Waals surface area contributed by atoms with Crippen LogP contribution in [0.25, 0.3) is 10.9 Å². The molecule has 2 nitrogen and oxygen atoms in total. The van der Waals surface area contributed by atoms with Crippen LogP contribution in [0.15, 0.2) is 36.5 Å². The van der Waals surface area contributed by atoms with E-state index >= 15 is 0 Å². The molecule has 0 radical (unpaired) electrons. The second-order valence-electron chi connectivity index (χ2n) is 3.31. The zero-order chi connectivity index (χ0) is 10.7. The van der Waals surface area contributed by atoms with E-state index in [0.717, 1.165) is 16.5 Å². The van der Waals surface area contributed by atoms with Crippen molar-refractivity contribution in [2.24, 2.45) is 0 Å². The third-order valence-electron chi connectivity index (χ3n) is 2.45. The summed E-state index contributed by atoms with van der Waals surface area (Å²) < 4.78 is 0. The molecule has 0 fully saturated rings. The third kappa shape index (κ3) is 1.70. The van der Waals surface area contributed by atoms with Crippen LogP contribution in [0.2, 0.25) is 0 Å². The number of benzene rings is 1. The van der Waals surface area contributed by atoms with E-state index in [4.69, 9.17) is 6.42 Å². The average Bonchev–Trinajstić information content (AvgIpc) is 2.31. The number of hydrogen-bond acceptors (Lipinski definition) is 2. The van der Waals surface area contributed by atoms with Crippen LogP contribution in [0.5, 0.6) is 0 Å². The summed E-state index contributed by atoms with van der Waals surface area (Å²) in [5, 5.41) is 4.20. The maximum Gasteiger partial charge on any atom is 0.0947 e. The molecule has 74 valence electrons. The van der Waals surface area contributed by atoms with E-state index < -0.39 is 0 Å². The maximum atomic E-state index is 5.47. The molecular weight excluding hydrogens is 184 g/mol. The zero-order valence-electron chi connectivity index (χ0n) is 8.57. The van der Waals surface area contributed by atoms with E-state index in [1.807, 2.05) is 37.4 Å². The summed E-state index contributed by atoms with van der Waals surface area (Å²) in [5.74, 6) is 2.72. The summed E-state index contributed by atoms with van der Waals surface area (Å²) in [6.07, 6.45) is 7.26. The number of para-hydroxylation sites is 1. The molecule has 1 heterocycles. The van der Waals surface area contributed by atoms with Crippen molar-refractivity contribution in [3.8, 4) is 12.3 Å². The van der Waals surface area contributed by atoms with Crippen LogP contribution in [-0.4, -0.2) is 12.0 Å². The lowest BCUT2D eigenvalue weighted by Crippen LogP contribution is -2.14. The molecule has 0 spiro atoms. The van der Waals surface area contributed by atoms with E-state index in [-0.39, 0.29) is 6.04 Å². The highest BCUT2D eigenvalue weighted by Crippen LogP contribution is 2.21. The van der Waals surface area contributed by atoms with Gasteiger partial charge in [0.25, 0.3) is 0 Å². The van der Waals surface area contributed by atoms with Crippen molar-refractivity contribution in [1.82, 2.24) is 10.3 Å². The summed E-state index contributed by atoms with van der Waals surface area (Å²) in [4.78, 5) is 4.30. The fourth-order valence-corrected chi connectivity index (χ4v) is 1.70. The minimum absolute atomic E-state index is 0.0575. The van der Waals surface area contributed by atoms with Crippen molar-refractivity contribution in [3.63, 3.8) is 0 Å². The largest absolute Gasteiger partial charge is 0.303 e. The molecule has 15 heavy (non-hydrogen) atoms. The lowest BCUT2D eigenvalue weighted by Gasteiger charge is -2.12. The lowest BCUT2D eigenvalue weighted by atomic mass is 10.0. The first-order chi connectivity index (χ1) is 7.36. The van der Waals surface area contributed by atoms with Gasteiger partial charge in [-0.3, -0.25) is 4.98 Å². The van der Waals surface area contributed by atoms with Gasteiger partial charge in [0, 0.05) is 11.6 Å². The van der Waals surface area contributed by atoms with E-state index in [1.54, 1.807) is 6.20 Å². The van der Waals surface area contributed by atoms with Gasteiger partial charge in [-0.1, -0.05) is 24.1 Å². The van der Waals surface area contributed by atoms with Crippen LogP contribution < -0.4 is 5.32 Å². The summed E-state index contributed by atoms with van der Waals surface area (Å²) in [6.45, 7) is 0. The Kier molecular flexibility index (Phi) is 2.66. The van der Waals surface area contributed by atoms with Crippen molar-refractivity contribution < 1.29 is 0 Å². The molecule has 0 saturated carbocycles. The summed E-state index contributed by atoms with van der Waals surface area (Å²) in [6, 6.07) is 9.91. The summed E-state index contributed by atoms with van der Waals surface area (Å²) in [7, 11) is 1.86. The van der Waals surface area contributed by atoms with Gasteiger partial charge >= 0.3 is 0 Å². The summed E-state index contributed by atoms with van der Waals surface area (Å²) >= 11 is 0. The predicted octanol–water partition coefficient (Wildman–Crippen LogP) is 2.13. The van der Waals surface area contributed by atoms with Gasteiger partial charge in [0.15, 0.2) is 0 Å². The minimum Gasteiger partial charge on any atom is -0.303 e. The Balaban J connectivity index is 2.66. The molecule has 1 aromatic heterocycles. The normalized spacial score (nSPS) is 12.3. The van der Waals surface area contributed by atoms with Crippen LogP contribution in [0.4, 0.5) is 0 Å². The Labute approximate surface area is 89.3 Å². The zero-order valence-corrected chi connectivity index (χ0v) is 8.57. The molecule has 0 amide bonds. The molecule has 0 aliphatic carbocycles. The van der Waals surface area contributed by atoms with Gasteiger partial charge in [0.2, 0.25) is 0 Å². The Morgan fingerprint density at radius 3 is 2.87 bits per heavy atom. The molecular formula is C13H12N2. The van der Waals surface area contributed by atoms with Gasteiger partial charge in [0.1, 0.15) is 0 Å². The Bertz CT molecular complexity index is 506. The molecule has 2 rings (SSSR count). The number of terminal acetylenes is 1. The number of fused-ring (bicyclic) bond motifs is 1. The highest BCUT2D eigenvalue weighted by molar-refractivity contribution is 5.82. The Morgan fingerprint density at radius 2 is 2.13 bits per heavy atom. The molecule has 0 aliphatic rings. The standard InChI is InChI=1S/C13H12N2/c1-3-12(14-2)11-8-9-15-13-7-5-4-6-10(11)13/h1,4-9,12,14H,2H3. The Hall–Kier alpha value is -1.85. The van der Waals surface area contributed by atoms with Crippen molar-refractivity contribution in [2.75, 3.05) is 7.05 Å². The SMILES string of the molecule is C#CC(NC)c1ccnc2ccccc12. The molecule has 1 unspecified atom stereocenters. The van der Waals surface area contributed by atoms with Crippen LogP contribution in [0.3, 0.4) is 0 Å². The lowest BCUT2D eigenvalue weighted by molar-refractivity contribution is 0.741. The molecule has 2 heteroatoms. The highest BCUT2D eigenvalue weighted by Gasteiger charge is 2.08. The molecule has 1 atom stereocenters. The van der Waals surface area contributed by atoms with Gasteiger partial charge in [-0.25, -0.2) is 0 Å². The monoisotopic (exact) mass is 196 g/mol. The quantitative estimate of drug-likeness (QED) is 0.744. The van der Waals surface area contributed by atoms with Gasteiger partial charge in [-0.05, 0) is 24.7 Å². The first-order valence-corrected chi connectivity index (χ1v) is 4.84. The topological polar surface area (TPSA) is 24.9 Å². The number of rotatable bonds is 2. The van der Waals surface area contributed by atoms with Crippen LogP contribution >= 0.6 is 0 Å². The number of nitrogens with zero attached hydrogens (tertiary/aromatic N) is 1. The molecule has 2 aromatic rings. The number of pyridine rings is 1. The maximum absolute atomic E-state index is 5.47. The predicted molar refractivity (Wildman–Crippen MR) is 62.4 cm³/mol. The van der Waals surface area contributed by atoms with Crippen LogP contribution in [0, 0.1) is 12.3 Å². The first-order valence-electron chi connectivity index (χ1n) is 4.84. The third-order valence-corrected chi connectivity index (χ3v) is 2.45. The van der Waals surface area contributed by atoms with Crippen LogP contribution in [0.1, 0.15) is 11.6 Å². The van der Waals surface area contributed by atoms with Gasteiger partial charge in [-0.15, -0.1) is 6.42 Å². The van der Waals surface area contributed by atoms with Crippen molar-refractivity contribution in [2.45, 2.75) is 6.04 Å².